The molecule has 0 atom stereocenters. The molecule has 1 heterocycles. The average molecular weight is 188 g/mol. The normalized spacial score (nSPS) is 21.7. The van der Waals surface area contributed by atoms with Gasteiger partial charge in [-0.2, -0.15) is 0 Å². The first-order chi connectivity index (χ1) is 5.66. The van der Waals surface area contributed by atoms with Crippen LogP contribution in [0.3, 0.4) is 0 Å². The Labute approximate surface area is 71.9 Å². The smallest absolute Gasteiger partial charge is 0.205 e. The van der Waals surface area contributed by atoms with Crippen LogP contribution in [0.4, 0.5) is 0 Å². The number of hydrogen-bond acceptors (Lipinski definition) is 4. The van der Waals surface area contributed by atoms with Gasteiger partial charge in [0.25, 0.3) is 16.1 Å². The molecule has 0 aromatic heterocycles. The van der Waals surface area contributed by atoms with Gasteiger partial charge in [0.05, 0.1) is 0 Å². The van der Waals surface area contributed by atoms with Crippen LogP contribution in [0.5, 0.6) is 0 Å². The number of nitrogens with zero attached hydrogens (tertiary/aromatic N) is 4. The summed E-state index contributed by atoms with van der Waals surface area (Å²) < 4.78 is 0. The lowest BCUT2D eigenvalue weighted by Crippen LogP contribution is -2.60. The lowest BCUT2D eigenvalue weighted by molar-refractivity contribution is 1.39. The molecule has 1 aliphatic rings. The molecule has 0 bridgehead atoms. The summed E-state index contributed by atoms with van der Waals surface area (Å²) in [4.78, 5) is 0. The van der Waals surface area contributed by atoms with Crippen LogP contribution in [-0.2, 0) is 0 Å². The highest BCUT2D eigenvalue weighted by molar-refractivity contribution is 7.24. The van der Waals surface area contributed by atoms with Gasteiger partial charge in [-0.25, -0.2) is 21.0 Å². The van der Waals surface area contributed by atoms with Crippen molar-refractivity contribution in [2.75, 3.05) is 0 Å². The maximum atomic E-state index is 8.65. The van der Waals surface area contributed by atoms with Crippen molar-refractivity contribution in [1.29, 1.82) is 21.0 Å². The van der Waals surface area contributed by atoms with Crippen molar-refractivity contribution in [2.45, 2.75) is 11.3 Å². The average Bonchev–Trinajstić information content (AvgIpc) is 2.07. The molecule has 6 heteroatoms. The molecular formula is C6H4N4Si2. The predicted octanol–water partition coefficient (Wildman–Crippen LogP) is 0.227. The minimum Gasteiger partial charge on any atom is -0.205 e. The van der Waals surface area contributed by atoms with E-state index in [1.807, 2.05) is 22.8 Å². The van der Waals surface area contributed by atoms with E-state index in [0.717, 1.165) is 0 Å². The molecule has 0 unspecified atom stereocenters. The number of hydrogen-bond donors (Lipinski definition) is 0. The second-order valence-corrected chi connectivity index (χ2v) is 11.0. The molecule has 12 heavy (non-hydrogen) atoms. The Morgan fingerprint density at radius 1 is 0.667 bits per heavy atom. The summed E-state index contributed by atoms with van der Waals surface area (Å²) in [6.45, 7) is 0. The Bertz CT molecular complexity index is 300. The molecule has 0 spiro atoms. The van der Waals surface area contributed by atoms with Crippen molar-refractivity contribution in [2.24, 2.45) is 0 Å². The molecule has 0 aromatic rings. The van der Waals surface area contributed by atoms with E-state index >= 15 is 0 Å². The molecule has 0 aromatic carbocycles. The number of rotatable bonds is 0. The summed E-state index contributed by atoms with van der Waals surface area (Å²) in [6.07, 6.45) is 0. The van der Waals surface area contributed by atoms with Gasteiger partial charge in [-0.15, -0.1) is 0 Å². The Morgan fingerprint density at radius 2 is 0.917 bits per heavy atom. The summed E-state index contributed by atoms with van der Waals surface area (Å²) in [5.74, 6) is 0. The minimum atomic E-state index is -2.44. The fourth-order valence-electron chi connectivity index (χ4n) is 1.34. The highest BCUT2D eigenvalue weighted by Crippen LogP contribution is 2.38. The molecule has 0 saturated carbocycles. The van der Waals surface area contributed by atoms with Crippen LogP contribution in [0.1, 0.15) is 0 Å². The first-order valence-corrected chi connectivity index (χ1v) is 8.14. The first kappa shape index (κ1) is 8.49. The van der Waals surface area contributed by atoms with E-state index in [1.54, 1.807) is 0 Å². The van der Waals surface area contributed by atoms with Gasteiger partial charge in [0, 0.05) is 22.8 Å². The second-order valence-electron chi connectivity index (χ2n) is 2.96. The lowest BCUT2D eigenvalue weighted by Gasteiger charge is -2.33. The van der Waals surface area contributed by atoms with Crippen molar-refractivity contribution in [3.8, 4) is 22.8 Å². The van der Waals surface area contributed by atoms with Gasteiger partial charge in [-0.1, -0.05) is 0 Å². The maximum absolute atomic E-state index is 8.65. The summed E-state index contributed by atoms with van der Waals surface area (Å²) in [7, 11) is -4.88. The lowest BCUT2D eigenvalue weighted by atomic mass is 11.6. The van der Waals surface area contributed by atoms with Crippen LogP contribution in [0.15, 0.2) is 0 Å². The Morgan fingerprint density at radius 3 is 1.08 bits per heavy atom. The topological polar surface area (TPSA) is 95.2 Å². The molecule has 56 valence electrons. The fraction of sp³-hybridized carbons (Fsp3) is 0.333. The molecule has 4 nitrogen and oxygen atoms in total. The Balaban J connectivity index is 2.86. The predicted molar refractivity (Wildman–Crippen MR) is 43.6 cm³/mol. The Kier molecular flexibility index (Phi) is 1.74. The third kappa shape index (κ3) is 0.915. The van der Waals surface area contributed by atoms with E-state index in [1.165, 1.54) is 0 Å². The fourth-order valence-corrected chi connectivity index (χ4v) is 11.8. The SMILES string of the molecule is N#C[Si]1(C#N)C[Si](C#N)(C#N)C1. The van der Waals surface area contributed by atoms with Crippen LogP contribution < -0.4 is 0 Å². The molecule has 0 amide bonds. The first-order valence-electron chi connectivity index (χ1n) is 3.31. The van der Waals surface area contributed by atoms with Gasteiger partial charge in [0.1, 0.15) is 0 Å². The molecule has 0 N–H and O–H groups in total. The van der Waals surface area contributed by atoms with E-state index in [2.05, 4.69) is 0 Å². The van der Waals surface area contributed by atoms with Crippen molar-refractivity contribution < 1.29 is 0 Å². The zero-order chi connectivity index (χ0) is 9.24. The van der Waals surface area contributed by atoms with Crippen molar-refractivity contribution in [3.63, 3.8) is 0 Å². The molecular weight excluding hydrogens is 184 g/mol. The van der Waals surface area contributed by atoms with Crippen LogP contribution >= 0.6 is 0 Å². The molecule has 0 radical (unpaired) electrons. The molecule has 1 fully saturated rings. The van der Waals surface area contributed by atoms with Gasteiger partial charge in [-0.05, 0) is 11.3 Å². The second kappa shape index (κ2) is 2.46. The largest absolute Gasteiger partial charge is 0.284 e. The maximum Gasteiger partial charge on any atom is 0.284 e. The van der Waals surface area contributed by atoms with E-state index in [0.29, 0.717) is 11.3 Å². The van der Waals surface area contributed by atoms with Gasteiger partial charge >= 0.3 is 0 Å². The molecule has 1 rings (SSSR count). The van der Waals surface area contributed by atoms with Crippen molar-refractivity contribution >= 4 is 16.1 Å². The van der Waals surface area contributed by atoms with E-state index in [9.17, 15) is 0 Å². The third-order valence-corrected chi connectivity index (χ3v) is 13.4. The van der Waals surface area contributed by atoms with E-state index < -0.39 is 16.1 Å². The highest BCUT2D eigenvalue weighted by atomic mass is 28.5. The van der Waals surface area contributed by atoms with Crippen LogP contribution in [-0.4, -0.2) is 16.1 Å². The van der Waals surface area contributed by atoms with Crippen molar-refractivity contribution in [3.05, 3.63) is 0 Å². The monoisotopic (exact) mass is 188 g/mol. The van der Waals surface area contributed by atoms with Gasteiger partial charge in [-0.3, -0.25) is 0 Å². The quantitative estimate of drug-likeness (QED) is 0.508. The third-order valence-electron chi connectivity index (χ3n) is 2.06. The molecule has 1 aliphatic heterocycles. The molecule has 0 aliphatic carbocycles. The van der Waals surface area contributed by atoms with Gasteiger partial charge < -0.3 is 0 Å². The highest BCUT2D eigenvalue weighted by Gasteiger charge is 2.62. The zero-order valence-electron chi connectivity index (χ0n) is 6.20. The standard InChI is InChI=1S/C6H4N4Si2/c7-1-11(2-8)5-12(3-9,4-10)6-11/h5-6H2. The van der Waals surface area contributed by atoms with Gasteiger partial charge in [0.2, 0.25) is 0 Å². The summed E-state index contributed by atoms with van der Waals surface area (Å²) in [6, 6.07) is 0. The van der Waals surface area contributed by atoms with Crippen LogP contribution in [0.25, 0.3) is 0 Å². The summed E-state index contributed by atoms with van der Waals surface area (Å²) >= 11 is 0. The summed E-state index contributed by atoms with van der Waals surface area (Å²) in [5, 5.41) is 34.6. The Hall–Kier alpha value is -1.61. The van der Waals surface area contributed by atoms with Gasteiger partial charge in [0.15, 0.2) is 0 Å². The van der Waals surface area contributed by atoms with Crippen molar-refractivity contribution in [1.82, 2.24) is 0 Å². The zero-order valence-corrected chi connectivity index (χ0v) is 8.20. The van der Waals surface area contributed by atoms with E-state index in [4.69, 9.17) is 21.0 Å². The molecule has 1 saturated heterocycles. The number of nitriles is 4. The van der Waals surface area contributed by atoms with Crippen LogP contribution in [0.2, 0.25) is 11.3 Å². The van der Waals surface area contributed by atoms with E-state index in [-0.39, 0.29) is 0 Å². The minimum absolute atomic E-state index is 0.333. The summed E-state index contributed by atoms with van der Waals surface area (Å²) in [5.41, 5.74) is 8.66. The van der Waals surface area contributed by atoms with Crippen LogP contribution in [0, 0.1) is 43.8 Å².